The molecular weight excluding hydrogens is 256 g/mol. The fourth-order valence-corrected chi connectivity index (χ4v) is 3.45. The number of hydrogen-bond acceptors (Lipinski definition) is 2. The summed E-state index contributed by atoms with van der Waals surface area (Å²) in [5, 5.41) is 15.2. The van der Waals surface area contributed by atoms with Crippen LogP contribution in [0.1, 0.15) is 65.2 Å². The SMILES string of the molecule is CC1CCC(NC(=O)NC2(C)CCCC2)(C(=O)O)CC1. The highest BCUT2D eigenvalue weighted by Crippen LogP contribution is 2.33. The molecule has 0 bridgehead atoms. The van der Waals surface area contributed by atoms with Crippen molar-refractivity contribution in [3.63, 3.8) is 0 Å². The van der Waals surface area contributed by atoms with E-state index in [0.717, 1.165) is 38.5 Å². The summed E-state index contributed by atoms with van der Waals surface area (Å²) in [5.41, 5.74) is -1.25. The zero-order valence-corrected chi connectivity index (χ0v) is 12.5. The molecule has 0 aromatic rings. The average molecular weight is 282 g/mol. The summed E-state index contributed by atoms with van der Waals surface area (Å²) >= 11 is 0. The van der Waals surface area contributed by atoms with Gasteiger partial charge in [-0.2, -0.15) is 0 Å². The number of carboxylic acids is 1. The molecule has 2 saturated carbocycles. The fourth-order valence-electron chi connectivity index (χ4n) is 3.45. The van der Waals surface area contributed by atoms with Gasteiger partial charge in [-0.1, -0.05) is 19.8 Å². The van der Waals surface area contributed by atoms with Crippen LogP contribution >= 0.6 is 0 Å². The standard InChI is InChI=1S/C15H26N2O3/c1-11-5-9-15(10-6-11,12(18)19)17-13(20)16-14(2)7-3-4-8-14/h11H,3-10H2,1-2H3,(H,18,19)(H2,16,17,20). The van der Waals surface area contributed by atoms with Crippen LogP contribution in [-0.4, -0.2) is 28.2 Å². The van der Waals surface area contributed by atoms with Crippen molar-refractivity contribution >= 4 is 12.0 Å². The third kappa shape index (κ3) is 3.25. The summed E-state index contributed by atoms with van der Waals surface area (Å²) in [6.07, 6.45) is 6.93. The Balaban J connectivity index is 1.98. The van der Waals surface area contributed by atoms with E-state index in [1.54, 1.807) is 0 Å². The van der Waals surface area contributed by atoms with E-state index in [1.165, 1.54) is 0 Å². The molecule has 0 unspecified atom stereocenters. The number of rotatable bonds is 3. The molecule has 0 saturated heterocycles. The van der Waals surface area contributed by atoms with Crippen LogP contribution in [0.25, 0.3) is 0 Å². The van der Waals surface area contributed by atoms with Crippen LogP contribution in [0.5, 0.6) is 0 Å². The summed E-state index contributed by atoms with van der Waals surface area (Å²) in [7, 11) is 0. The predicted octanol–water partition coefficient (Wildman–Crippen LogP) is 2.65. The first-order valence-corrected chi connectivity index (χ1v) is 7.69. The van der Waals surface area contributed by atoms with Crippen LogP contribution in [-0.2, 0) is 4.79 Å². The van der Waals surface area contributed by atoms with E-state index in [4.69, 9.17) is 0 Å². The van der Waals surface area contributed by atoms with E-state index in [2.05, 4.69) is 17.6 Å². The summed E-state index contributed by atoms with van der Waals surface area (Å²) in [6.45, 7) is 4.17. The molecule has 2 fully saturated rings. The number of carbonyl (C=O) groups is 2. The lowest BCUT2D eigenvalue weighted by Crippen LogP contribution is -2.61. The molecule has 3 N–H and O–H groups in total. The minimum Gasteiger partial charge on any atom is -0.480 e. The maximum absolute atomic E-state index is 12.2. The average Bonchev–Trinajstić information content (AvgIpc) is 2.78. The van der Waals surface area contributed by atoms with Crippen LogP contribution < -0.4 is 10.6 Å². The Morgan fingerprint density at radius 3 is 2.10 bits per heavy atom. The molecule has 0 aliphatic heterocycles. The van der Waals surface area contributed by atoms with Gasteiger partial charge < -0.3 is 15.7 Å². The van der Waals surface area contributed by atoms with Gasteiger partial charge in [-0.05, 0) is 51.4 Å². The Kier molecular flexibility index (Phi) is 4.25. The Morgan fingerprint density at radius 1 is 1.05 bits per heavy atom. The summed E-state index contributed by atoms with van der Waals surface area (Å²) in [6, 6.07) is -0.327. The number of aliphatic carboxylic acids is 1. The second kappa shape index (κ2) is 5.62. The molecule has 0 aromatic carbocycles. The molecule has 2 aliphatic carbocycles. The largest absolute Gasteiger partial charge is 0.480 e. The summed E-state index contributed by atoms with van der Waals surface area (Å²) in [4.78, 5) is 23.8. The predicted molar refractivity (Wildman–Crippen MR) is 76.5 cm³/mol. The molecule has 0 spiro atoms. The van der Waals surface area contributed by atoms with Crippen LogP contribution in [0, 0.1) is 5.92 Å². The van der Waals surface area contributed by atoms with Crippen LogP contribution in [0.4, 0.5) is 4.79 Å². The van der Waals surface area contributed by atoms with Gasteiger partial charge in [0.25, 0.3) is 0 Å². The molecule has 2 rings (SSSR count). The minimum atomic E-state index is -1.08. The van der Waals surface area contributed by atoms with Gasteiger partial charge in [0.1, 0.15) is 5.54 Å². The Bertz CT molecular complexity index is 381. The molecule has 5 heteroatoms. The number of carboxylic acid groups (broad SMARTS) is 1. The Hall–Kier alpha value is -1.26. The summed E-state index contributed by atoms with van der Waals surface area (Å²) < 4.78 is 0. The highest BCUT2D eigenvalue weighted by atomic mass is 16.4. The molecule has 0 aromatic heterocycles. The van der Waals surface area contributed by atoms with E-state index in [-0.39, 0.29) is 11.6 Å². The van der Waals surface area contributed by atoms with Crippen LogP contribution in [0.15, 0.2) is 0 Å². The van der Waals surface area contributed by atoms with Gasteiger partial charge in [0.15, 0.2) is 0 Å². The molecule has 2 aliphatic rings. The number of amides is 2. The highest BCUT2D eigenvalue weighted by Gasteiger charge is 2.43. The molecular formula is C15H26N2O3. The van der Waals surface area contributed by atoms with Crippen molar-refractivity contribution in [1.29, 1.82) is 0 Å². The van der Waals surface area contributed by atoms with Gasteiger partial charge in [0.2, 0.25) is 0 Å². The third-order valence-corrected chi connectivity index (χ3v) is 5.01. The Labute approximate surface area is 120 Å². The first-order valence-electron chi connectivity index (χ1n) is 7.69. The summed E-state index contributed by atoms with van der Waals surface area (Å²) in [5.74, 6) is -0.365. The highest BCUT2D eigenvalue weighted by molar-refractivity contribution is 5.86. The monoisotopic (exact) mass is 282 g/mol. The van der Waals surface area contributed by atoms with E-state index < -0.39 is 11.5 Å². The molecule has 5 nitrogen and oxygen atoms in total. The quantitative estimate of drug-likeness (QED) is 0.744. The van der Waals surface area contributed by atoms with E-state index >= 15 is 0 Å². The van der Waals surface area contributed by atoms with Gasteiger partial charge in [-0.3, -0.25) is 0 Å². The Morgan fingerprint density at radius 2 is 1.60 bits per heavy atom. The third-order valence-electron chi connectivity index (χ3n) is 5.01. The first-order chi connectivity index (χ1) is 9.35. The lowest BCUT2D eigenvalue weighted by atomic mass is 9.77. The number of carbonyl (C=O) groups excluding carboxylic acids is 1. The lowest BCUT2D eigenvalue weighted by Gasteiger charge is -2.37. The smallest absolute Gasteiger partial charge is 0.329 e. The number of hydrogen-bond donors (Lipinski definition) is 3. The van der Waals surface area contributed by atoms with Crippen LogP contribution in [0.3, 0.4) is 0 Å². The zero-order valence-electron chi connectivity index (χ0n) is 12.5. The minimum absolute atomic E-state index is 0.175. The van der Waals surface area contributed by atoms with E-state index in [9.17, 15) is 14.7 Å². The topological polar surface area (TPSA) is 78.4 Å². The maximum atomic E-state index is 12.2. The second-order valence-corrected chi connectivity index (χ2v) is 6.92. The molecule has 20 heavy (non-hydrogen) atoms. The van der Waals surface area contributed by atoms with E-state index in [1.807, 2.05) is 6.92 Å². The van der Waals surface area contributed by atoms with Crippen molar-refractivity contribution in [2.75, 3.05) is 0 Å². The van der Waals surface area contributed by atoms with Crippen molar-refractivity contribution < 1.29 is 14.7 Å². The van der Waals surface area contributed by atoms with Gasteiger partial charge >= 0.3 is 12.0 Å². The number of urea groups is 1. The maximum Gasteiger partial charge on any atom is 0.329 e. The molecule has 114 valence electrons. The molecule has 2 amide bonds. The van der Waals surface area contributed by atoms with Crippen molar-refractivity contribution in [2.24, 2.45) is 5.92 Å². The normalized spacial score (nSPS) is 32.6. The van der Waals surface area contributed by atoms with Crippen molar-refractivity contribution in [2.45, 2.75) is 76.3 Å². The van der Waals surface area contributed by atoms with Gasteiger partial charge in [-0.15, -0.1) is 0 Å². The molecule has 0 atom stereocenters. The molecule has 0 heterocycles. The fraction of sp³-hybridized carbons (Fsp3) is 0.867. The zero-order chi connectivity index (χ0) is 14.8. The van der Waals surface area contributed by atoms with Crippen molar-refractivity contribution in [3.8, 4) is 0 Å². The van der Waals surface area contributed by atoms with Crippen molar-refractivity contribution in [1.82, 2.24) is 10.6 Å². The van der Waals surface area contributed by atoms with Gasteiger partial charge in [-0.25, -0.2) is 9.59 Å². The van der Waals surface area contributed by atoms with Gasteiger partial charge in [0, 0.05) is 5.54 Å². The first kappa shape index (κ1) is 15.1. The number of nitrogens with one attached hydrogen (secondary N) is 2. The van der Waals surface area contributed by atoms with E-state index in [0.29, 0.717) is 18.8 Å². The molecule has 0 radical (unpaired) electrons. The van der Waals surface area contributed by atoms with Gasteiger partial charge in [0.05, 0.1) is 0 Å². The second-order valence-electron chi connectivity index (χ2n) is 6.92. The lowest BCUT2D eigenvalue weighted by molar-refractivity contribution is -0.146. The van der Waals surface area contributed by atoms with Crippen LogP contribution in [0.2, 0.25) is 0 Å². The van der Waals surface area contributed by atoms with Crippen molar-refractivity contribution in [3.05, 3.63) is 0 Å².